The van der Waals surface area contributed by atoms with Crippen LogP contribution in [0.3, 0.4) is 0 Å². The van der Waals surface area contributed by atoms with Crippen LogP contribution in [0.5, 0.6) is 5.75 Å². The molecule has 2 aromatic rings. The zero-order valence-corrected chi connectivity index (χ0v) is 12.6. The number of hydrogen-bond donors (Lipinski definition) is 2. The van der Waals surface area contributed by atoms with Gasteiger partial charge in [-0.3, -0.25) is 4.79 Å². The number of aryl methyl sites for hydroxylation is 1. The predicted octanol–water partition coefficient (Wildman–Crippen LogP) is 2.11. The lowest BCUT2D eigenvalue weighted by molar-refractivity contribution is -0.113. The minimum Gasteiger partial charge on any atom is -0.497 e. The summed E-state index contributed by atoms with van der Waals surface area (Å²) in [4.78, 5) is 20.2. The number of amides is 1. The van der Waals surface area contributed by atoms with E-state index in [-0.39, 0.29) is 11.7 Å². The van der Waals surface area contributed by atoms with Crippen LogP contribution in [0.15, 0.2) is 35.6 Å². The standard InChI is InChI=1S/C14H16N4O2S/c1-9-5-6-16-14(17-9)21-8-13(19)18-12-4-3-10(20-2)7-11(12)15/h3-7H,8,15H2,1-2H3,(H,18,19). The Morgan fingerprint density at radius 3 is 2.90 bits per heavy atom. The van der Waals surface area contributed by atoms with Gasteiger partial charge in [0.25, 0.3) is 0 Å². The molecule has 1 aromatic carbocycles. The minimum atomic E-state index is -0.165. The van der Waals surface area contributed by atoms with Gasteiger partial charge in [0.15, 0.2) is 5.16 Å². The summed E-state index contributed by atoms with van der Waals surface area (Å²) in [5.41, 5.74) is 7.73. The van der Waals surface area contributed by atoms with Crippen molar-refractivity contribution >= 4 is 29.0 Å². The van der Waals surface area contributed by atoms with E-state index in [9.17, 15) is 4.79 Å². The molecule has 2 rings (SSSR count). The van der Waals surface area contributed by atoms with Gasteiger partial charge in [-0.2, -0.15) is 0 Å². The molecule has 1 heterocycles. The van der Waals surface area contributed by atoms with Crippen LogP contribution in [-0.4, -0.2) is 28.7 Å². The fourth-order valence-electron chi connectivity index (χ4n) is 1.59. The van der Waals surface area contributed by atoms with Crippen molar-refractivity contribution in [2.24, 2.45) is 0 Å². The molecule has 0 bridgehead atoms. The van der Waals surface area contributed by atoms with Gasteiger partial charge in [-0.1, -0.05) is 11.8 Å². The lowest BCUT2D eigenvalue weighted by Crippen LogP contribution is -2.15. The fourth-order valence-corrected chi connectivity index (χ4v) is 2.27. The Morgan fingerprint density at radius 2 is 2.24 bits per heavy atom. The van der Waals surface area contributed by atoms with Crippen molar-refractivity contribution in [1.29, 1.82) is 0 Å². The number of aromatic nitrogens is 2. The summed E-state index contributed by atoms with van der Waals surface area (Å²) in [6, 6.07) is 6.91. The quantitative estimate of drug-likeness (QED) is 0.499. The maximum atomic E-state index is 11.9. The summed E-state index contributed by atoms with van der Waals surface area (Å²) >= 11 is 1.28. The molecule has 0 aliphatic heterocycles. The van der Waals surface area contributed by atoms with Gasteiger partial charge in [-0.15, -0.1) is 0 Å². The predicted molar refractivity (Wildman–Crippen MR) is 83.5 cm³/mol. The highest BCUT2D eigenvalue weighted by Gasteiger charge is 2.08. The molecule has 0 saturated heterocycles. The van der Waals surface area contributed by atoms with Crippen molar-refractivity contribution in [1.82, 2.24) is 9.97 Å². The molecule has 7 heteroatoms. The molecule has 1 aromatic heterocycles. The van der Waals surface area contributed by atoms with E-state index in [0.717, 1.165) is 5.69 Å². The summed E-state index contributed by atoms with van der Waals surface area (Å²) < 4.78 is 5.06. The summed E-state index contributed by atoms with van der Waals surface area (Å²) in [5, 5.41) is 3.33. The molecule has 0 aliphatic carbocycles. The molecule has 0 radical (unpaired) electrons. The van der Waals surface area contributed by atoms with E-state index < -0.39 is 0 Å². The number of carbonyl (C=O) groups excluding carboxylic acids is 1. The molecule has 1 amide bonds. The Hall–Kier alpha value is -2.28. The number of thioether (sulfide) groups is 1. The molecule has 110 valence electrons. The van der Waals surface area contributed by atoms with Gasteiger partial charge in [-0.25, -0.2) is 9.97 Å². The Morgan fingerprint density at radius 1 is 1.43 bits per heavy atom. The van der Waals surface area contributed by atoms with Crippen LogP contribution < -0.4 is 15.8 Å². The molecule has 0 saturated carbocycles. The normalized spacial score (nSPS) is 10.2. The molecule has 0 spiro atoms. The van der Waals surface area contributed by atoms with E-state index in [0.29, 0.717) is 22.3 Å². The van der Waals surface area contributed by atoms with Crippen molar-refractivity contribution in [3.63, 3.8) is 0 Å². The van der Waals surface area contributed by atoms with Crippen LogP contribution in [-0.2, 0) is 4.79 Å². The number of anilines is 2. The van der Waals surface area contributed by atoms with Crippen molar-refractivity contribution < 1.29 is 9.53 Å². The van der Waals surface area contributed by atoms with Crippen molar-refractivity contribution in [2.45, 2.75) is 12.1 Å². The molecule has 0 aliphatic rings. The number of ether oxygens (including phenoxy) is 1. The smallest absolute Gasteiger partial charge is 0.234 e. The van der Waals surface area contributed by atoms with E-state index in [1.54, 1.807) is 31.5 Å². The number of hydrogen-bond acceptors (Lipinski definition) is 6. The third kappa shape index (κ3) is 4.35. The number of carbonyl (C=O) groups is 1. The zero-order valence-electron chi connectivity index (χ0n) is 11.8. The molecule has 0 fully saturated rings. The Kier molecular flexibility index (Phi) is 4.99. The van der Waals surface area contributed by atoms with Crippen LogP contribution in [0.1, 0.15) is 5.69 Å². The van der Waals surface area contributed by atoms with E-state index in [4.69, 9.17) is 10.5 Å². The van der Waals surface area contributed by atoms with E-state index in [1.165, 1.54) is 11.8 Å². The van der Waals surface area contributed by atoms with Gasteiger partial charge in [0.2, 0.25) is 5.91 Å². The van der Waals surface area contributed by atoms with Crippen molar-refractivity contribution in [3.8, 4) is 5.75 Å². The van der Waals surface area contributed by atoms with Gasteiger partial charge >= 0.3 is 0 Å². The molecule has 0 atom stereocenters. The average molecular weight is 304 g/mol. The molecule has 0 unspecified atom stereocenters. The first kappa shape index (κ1) is 15.1. The second kappa shape index (κ2) is 6.94. The number of benzene rings is 1. The number of nitrogen functional groups attached to an aromatic ring is 1. The van der Waals surface area contributed by atoms with Gasteiger partial charge < -0.3 is 15.8 Å². The van der Waals surface area contributed by atoms with Crippen molar-refractivity contribution in [2.75, 3.05) is 23.9 Å². The van der Waals surface area contributed by atoms with Crippen LogP contribution in [0.4, 0.5) is 11.4 Å². The largest absolute Gasteiger partial charge is 0.497 e. The number of rotatable bonds is 5. The van der Waals surface area contributed by atoms with Crippen molar-refractivity contribution in [3.05, 3.63) is 36.2 Å². The summed E-state index contributed by atoms with van der Waals surface area (Å²) in [5.74, 6) is 0.699. The van der Waals surface area contributed by atoms with Crippen LogP contribution in [0.25, 0.3) is 0 Å². The van der Waals surface area contributed by atoms with Crippen LogP contribution in [0, 0.1) is 6.92 Å². The fraction of sp³-hybridized carbons (Fsp3) is 0.214. The Labute approximate surface area is 127 Å². The minimum absolute atomic E-state index is 0.165. The monoisotopic (exact) mass is 304 g/mol. The molecular weight excluding hydrogens is 288 g/mol. The van der Waals surface area contributed by atoms with Crippen LogP contribution >= 0.6 is 11.8 Å². The molecular formula is C14H16N4O2S. The number of nitrogens with zero attached hydrogens (tertiary/aromatic N) is 2. The summed E-state index contributed by atoms with van der Waals surface area (Å²) in [7, 11) is 1.56. The first-order valence-electron chi connectivity index (χ1n) is 6.24. The first-order valence-corrected chi connectivity index (χ1v) is 7.23. The van der Waals surface area contributed by atoms with Gasteiger partial charge in [0.05, 0.1) is 24.2 Å². The molecule has 6 nitrogen and oxygen atoms in total. The topological polar surface area (TPSA) is 90.1 Å². The first-order chi connectivity index (χ1) is 10.1. The Balaban J connectivity index is 1.93. The second-order valence-corrected chi connectivity index (χ2v) is 5.21. The third-order valence-corrected chi connectivity index (χ3v) is 3.50. The van der Waals surface area contributed by atoms with E-state index in [2.05, 4.69) is 15.3 Å². The number of methoxy groups -OCH3 is 1. The zero-order chi connectivity index (χ0) is 15.2. The summed E-state index contributed by atoms with van der Waals surface area (Å²) in [6.45, 7) is 1.88. The van der Waals surface area contributed by atoms with E-state index >= 15 is 0 Å². The highest BCUT2D eigenvalue weighted by Crippen LogP contribution is 2.24. The van der Waals surface area contributed by atoms with Gasteiger partial charge in [0.1, 0.15) is 5.75 Å². The van der Waals surface area contributed by atoms with Crippen LogP contribution in [0.2, 0.25) is 0 Å². The highest BCUT2D eigenvalue weighted by molar-refractivity contribution is 7.99. The highest BCUT2D eigenvalue weighted by atomic mass is 32.2. The average Bonchev–Trinajstić information content (AvgIpc) is 2.47. The maximum absolute atomic E-state index is 11.9. The maximum Gasteiger partial charge on any atom is 0.234 e. The summed E-state index contributed by atoms with van der Waals surface area (Å²) in [6.07, 6.45) is 1.67. The SMILES string of the molecule is COc1ccc(NC(=O)CSc2nccc(C)n2)c(N)c1. The van der Waals surface area contributed by atoms with Gasteiger partial charge in [0, 0.05) is 18.0 Å². The molecule has 3 N–H and O–H groups in total. The lowest BCUT2D eigenvalue weighted by Gasteiger charge is -2.09. The lowest BCUT2D eigenvalue weighted by atomic mass is 10.2. The number of nitrogens with one attached hydrogen (secondary N) is 1. The molecule has 21 heavy (non-hydrogen) atoms. The second-order valence-electron chi connectivity index (χ2n) is 4.27. The third-order valence-electron chi connectivity index (χ3n) is 2.64. The number of nitrogens with two attached hydrogens (primary N) is 1. The van der Waals surface area contributed by atoms with E-state index in [1.807, 2.05) is 13.0 Å². The Bertz CT molecular complexity index is 649. The van der Waals surface area contributed by atoms with Gasteiger partial charge in [-0.05, 0) is 25.1 Å².